The molecule has 3 N–H and O–H groups in total. The number of ether oxygens (including phenoxy) is 1. The summed E-state index contributed by atoms with van der Waals surface area (Å²) in [7, 11) is 3.22. The summed E-state index contributed by atoms with van der Waals surface area (Å²) >= 11 is 6.34. The van der Waals surface area contributed by atoms with Gasteiger partial charge in [0.25, 0.3) is 5.91 Å². The molecule has 2 heterocycles. The summed E-state index contributed by atoms with van der Waals surface area (Å²) in [5, 5.41) is 9.41. The third kappa shape index (κ3) is 5.55. The van der Waals surface area contributed by atoms with Crippen LogP contribution in [0, 0.1) is 6.92 Å². The number of aromatic nitrogens is 3. The van der Waals surface area contributed by atoms with Crippen LogP contribution in [-0.4, -0.2) is 35.0 Å². The molecule has 2 aromatic carbocycles. The second kappa shape index (κ2) is 11.0. The molecular formula is C27H27ClN6O2. The van der Waals surface area contributed by atoms with Crippen LogP contribution in [0.1, 0.15) is 28.4 Å². The van der Waals surface area contributed by atoms with Gasteiger partial charge in [0.15, 0.2) is 5.82 Å². The van der Waals surface area contributed by atoms with Crippen LogP contribution in [0.3, 0.4) is 0 Å². The van der Waals surface area contributed by atoms with Crippen molar-refractivity contribution in [3.05, 3.63) is 82.6 Å². The van der Waals surface area contributed by atoms with Crippen molar-refractivity contribution in [2.24, 2.45) is 0 Å². The zero-order valence-electron chi connectivity index (χ0n) is 20.5. The smallest absolute Gasteiger partial charge is 0.251 e. The summed E-state index contributed by atoms with van der Waals surface area (Å²) in [5.74, 6) is 1.95. The average Bonchev–Trinajstić information content (AvgIpc) is 2.90. The predicted molar refractivity (Wildman–Crippen MR) is 144 cm³/mol. The highest BCUT2D eigenvalue weighted by Crippen LogP contribution is 2.35. The van der Waals surface area contributed by atoms with Gasteiger partial charge in [-0.25, -0.2) is 9.97 Å². The molecule has 0 radical (unpaired) electrons. The van der Waals surface area contributed by atoms with Gasteiger partial charge in [-0.2, -0.15) is 4.98 Å². The van der Waals surface area contributed by atoms with E-state index in [0.29, 0.717) is 39.6 Å². The van der Waals surface area contributed by atoms with Crippen LogP contribution in [-0.2, 0) is 6.42 Å². The highest BCUT2D eigenvalue weighted by atomic mass is 35.5. The monoisotopic (exact) mass is 502 g/mol. The van der Waals surface area contributed by atoms with Crippen LogP contribution in [0.25, 0.3) is 11.1 Å². The molecule has 0 aliphatic rings. The van der Waals surface area contributed by atoms with Crippen LogP contribution in [0.5, 0.6) is 5.75 Å². The van der Waals surface area contributed by atoms with E-state index in [1.807, 2.05) is 43.3 Å². The van der Waals surface area contributed by atoms with Crippen LogP contribution in [0.15, 0.2) is 60.9 Å². The molecule has 0 fully saturated rings. The number of carbonyl (C=O) groups excluding carboxylic acids is 1. The molecule has 0 saturated carbocycles. The van der Waals surface area contributed by atoms with E-state index in [1.165, 1.54) is 6.20 Å². The summed E-state index contributed by atoms with van der Waals surface area (Å²) in [5.41, 5.74) is 5.44. The van der Waals surface area contributed by atoms with Crippen LogP contribution in [0.2, 0.25) is 5.02 Å². The molecule has 0 aliphatic heterocycles. The van der Waals surface area contributed by atoms with Gasteiger partial charge >= 0.3 is 0 Å². The van der Waals surface area contributed by atoms with E-state index in [0.717, 1.165) is 28.7 Å². The Bertz CT molecular complexity index is 1390. The first-order valence-electron chi connectivity index (χ1n) is 11.4. The predicted octanol–water partition coefficient (Wildman–Crippen LogP) is 5.92. The number of nitrogens with zero attached hydrogens (tertiary/aromatic N) is 3. The van der Waals surface area contributed by atoms with Crippen molar-refractivity contribution >= 4 is 40.8 Å². The third-order valence-corrected chi connectivity index (χ3v) is 5.98. The molecule has 0 aliphatic carbocycles. The third-order valence-electron chi connectivity index (χ3n) is 5.70. The number of hydrogen-bond donors (Lipinski definition) is 3. The van der Waals surface area contributed by atoms with E-state index in [1.54, 1.807) is 32.5 Å². The Morgan fingerprint density at radius 2 is 1.83 bits per heavy atom. The highest BCUT2D eigenvalue weighted by Gasteiger charge is 2.14. The van der Waals surface area contributed by atoms with Gasteiger partial charge < -0.3 is 20.7 Å². The summed E-state index contributed by atoms with van der Waals surface area (Å²) in [6, 6.07) is 15.3. The number of carbonyl (C=O) groups is 1. The lowest BCUT2D eigenvalue weighted by Gasteiger charge is -2.16. The molecule has 184 valence electrons. The highest BCUT2D eigenvalue weighted by molar-refractivity contribution is 6.32. The fraction of sp³-hybridized carbons (Fsp3) is 0.185. The maximum Gasteiger partial charge on any atom is 0.251 e. The van der Waals surface area contributed by atoms with Gasteiger partial charge in [0.05, 0.1) is 19.0 Å². The maximum absolute atomic E-state index is 11.9. The molecule has 9 heteroatoms. The molecule has 1 amide bonds. The molecule has 2 aromatic heterocycles. The first-order valence-corrected chi connectivity index (χ1v) is 11.8. The van der Waals surface area contributed by atoms with Crippen molar-refractivity contribution in [1.82, 2.24) is 20.3 Å². The molecule has 36 heavy (non-hydrogen) atoms. The molecule has 0 unspecified atom stereocenters. The number of methoxy groups -OCH3 is 1. The lowest BCUT2D eigenvalue weighted by molar-refractivity contribution is 0.0963. The van der Waals surface area contributed by atoms with Crippen LogP contribution >= 0.6 is 11.6 Å². The SMILES string of the molecule is CCc1ccnc(Nc2nc(Nc3cc(C)c(-c4ccc(C(=O)NC)cc4)cc3OC)ncc2Cl)c1. The number of anilines is 4. The Kier molecular flexibility index (Phi) is 7.65. The molecule has 0 spiro atoms. The zero-order chi connectivity index (χ0) is 25.7. The van der Waals surface area contributed by atoms with E-state index in [4.69, 9.17) is 16.3 Å². The van der Waals surface area contributed by atoms with E-state index in [9.17, 15) is 4.79 Å². The molecule has 0 bridgehead atoms. The first kappa shape index (κ1) is 24.9. The van der Waals surface area contributed by atoms with E-state index in [2.05, 4.69) is 37.8 Å². The Labute approximate surface area is 215 Å². The number of aryl methyl sites for hydroxylation is 2. The summed E-state index contributed by atoms with van der Waals surface area (Å²) in [4.78, 5) is 25.1. The standard InChI is InChI=1S/C27H27ClN6O2/c1-5-17-10-11-30-24(13-17)33-25-21(28)15-31-27(34-25)32-22-12-16(2)20(14-23(22)36-4)18-6-8-19(9-7-18)26(35)29-3/h6-15H,5H2,1-4H3,(H,29,35)(H2,30,31,32,33,34). The van der Waals surface area contributed by atoms with Gasteiger partial charge in [-0.3, -0.25) is 4.79 Å². The molecular weight excluding hydrogens is 476 g/mol. The van der Waals surface area contributed by atoms with Crippen LogP contribution in [0.4, 0.5) is 23.3 Å². The minimum atomic E-state index is -0.124. The normalized spacial score (nSPS) is 10.6. The fourth-order valence-corrected chi connectivity index (χ4v) is 3.87. The molecule has 8 nitrogen and oxygen atoms in total. The van der Waals surface area contributed by atoms with Crippen molar-refractivity contribution in [2.75, 3.05) is 24.8 Å². The molecule has 0 atom stereocenters. The Morgan fingerprint density at radius 1 is 1.06 bits per heavy atom. The second-order valence-electron chi connectivity index (χ2n) is 8.07. The summed E-state index contributed by atoms with van der Waals surface area (Å²) < 4.78 is 5.66. The molecule has 4 rings (SSSR count). The van der Waals surface area contributed by atoms with Gasteiger partial charge in [-0.1, -0.05) is 30.7 Å². The minimum absolute atomic E-state index is 0.124. The van der Waals surface area contributed by atoms with Crippen molar-refractivity contribution in [2.45, 2.75) is 20.3 Å². The first-order chi connectivity index (χ1) is 17.4. The lowest BCUT2D eigenvalue weighted by Crippen LogP contribution is -2.17. The number of pyridine rings is 1. The Balaban J connectivity index is 1.60. The Morgan fingerprint density at radius 3 is 2.53 bits per heavy atom. The van der Waals surface area contributed by atoms with Crippen molar-refractivity contribution < 1.29 is 9.53 Å². The number of halogens is 1. The van der Waals surface area contributed by atoms with E-state index >= 15 is 0 Å². The largest absolute Gasteiger partial charge is 0.495 e. The number of amides is 1. The van der Waals surface area contributed by atoms with Crippen LogP contribution < -0.4 is 20.7 Å². The minimum Gasteiger partial charge on any atom is -0.495 e. The maximum atomic E-state index is 11.9. The average molecular weight is 503 g/mol. The van der Waals surface area contributed by atoms with Gasteiger partial charge in [-0.05, 0) is 72.0 Å². The van der Waals surface area contributed by atoms with Crippen molar-refractivity contribution in [3.63, 3.8) is 0 Å². The number of rotatable bonds is 8. The Hall–Kier alpha value is -4.17. The zero-order valence-corrected chi connectivity index (χ0v) is 21.3. The van der Waals surface area contributed by atoms with Crippen molar-refractivity contribution in [1.29, 1.82) is 0 Å². The van der Waals surface area contributed by atoms with Crippen molar-refractivity contribution in [3.8, 4) is 16.9 Å². The fourth-order valence-electron chi connectivity index (χ4n) is 3.73. The number of benzene rings is 2. The number of hydrogen-bond acceptors (Lipinski definition) is 7. The number of nitrogens with one attached hydrogen (secondary N) is 3. The summed E-state index contributed by atoms with van der Waals surface area (Å²) in [6.07, 6.45) is 4.18. The van der Waals surface area contributed by atoms with Gasteiger partial charge in [0.2, 0.25) is 5.95 Å². The van der Waals surface area contributed by atoms with Gasteiger partial charge in [-0.15, -0.1) is 0 Å². The molecule has 0 saturated heterocycles. The summed E-state index contributed by atoms with van der Waals surface area (Å²) in [6.45, 7) is 4.09. The van der Waals surface area contributed by atoms with Gasteiger partial charge in [0, 0.05) is 18.8 Å². The van der Waals surface area contributed by atoms with Gasteiger partial charge in [0.1, 0.15) is 16.6 Å². The molecule has 4 aromatic rings. The second-order valence-corrected chi connectivity index (χ2v) is 8.47. The van der Waals surface area contributed by atoms with E-state index in [-0.39, 0.29) is 5.91 Å². The topological polar surface area (TPSA) is 101 Å². The quantitative estimate of drug-likeness (QED) is 0.275. The lowest BCUT2D eigenvalue weighted by atomic mass is 9.98. The van der Waals surface area contributed by atoms with E-state index < -0.39 is 0 Å².